The standard InChI is InChI=1S/C16H15F3N2O4S/c1-25-15-8-10(17)2-5-14(15)21-16(22)6-7-20-26(23,24)11-3-4-12(18)13(19)9-11/h2-5,8-9,20H,6-7H2,1H3,(H,21,22). The summed E-state index contributed by atoms with van der Waals surface area (Å²) in [5.74, 6) is -3.45. The van der Waals surface area contributed by atoms with Crippen molar-refractivity contribution in [3.8, 4) is 5.75 Å². The number of hydrogen-bond donors (Lipinski definition) is 2. The van der Waals surface area contributed by atoms with E-state index >= 15 is 0 Å². The van der Waals surface area contributed by atoms with Crippen molar-refractivity contribution < 1.29 is 31.1 Å². The molecule has 6 nitrogen and oxygen atoms in total. The maximum absolute atomic E-state index is 13.1. The van der Waals surface area contributed by atoms with Gasteiger partial charge in [-0.05, 0) is 30.3 Å². The van der Waals surface area contributed by atoms with Crippen LogP contribution in [0.3, 0.4) is 0 Å². The third kappa shape index (κ3) is 4.96. The molecule has 26 heavy (non-hydrogen) atoms. The minimum atomic E-state index is -4.10. The fraction of sp³-hybridized carbons (Fsp3) is 0.188. The molecule has 0 bridgehead atoms. The number of halogens is 3. The quantitative estimate of drug-likeness (QED) is 0.763. The van der Waals surface area contributed by atoms with Crippen molar-refractivity contribution in [3.63, 3.8) is 0 Å². The molecule has 0 saturated carbocycles. The van der Waals surface area contributed by atoms with Crippen molar-refractivity contribution in [2.75, 3.05) is 19.0 Å². The zero-order chi connectivity index (χ0) is 19.3. The second kappa shape index (κ2) is 8.19. The molecule has 0 aromatic heterocycles. The summed E-state index contributed by atoms with van der Waals surface area (Å²) in [6.07, 6.45) is -0.247. The van der Waals surface area contributed by atoms with Crippen molar-refractivity contribution >= 4 is 21.6 Å². The number of hydrogen-bond acceptors (Lipinski definition) is 4. The predicted molar refractivity (Wildman–Crippen MR) is 87.7 cm³/mol. The van der Waals surface area contributed by atoms with Gasteiger partial charge in [-0.2, -0.15) is 0 Å². The molecule has 2 aromatic carbocycles. The van der Waals surface area contributed by atoms with E-state index in [9.17, 15) is 26.4 Å². The summed E-state index contributed by atoms with van der Waals surface area (Å²) in [5, 5.41) is 2.46. The fourth-order valence-corrected chi connectivity index (χ4v) is 3.05. The molecule has 2 rings (SSSR count). The highest BCUT2D eigenvalue weighted by molar-refractivity contribution is 7.89. The number of carbonyl (C=O) groups excluding carboxylic acids is 1. The van der Waals surface area contributed by atoms with Crippen molar-refractivity contribution in [1.29, 1.82) is 0 Å². The zero-order valence-corrected chi connectivity index (χ0v) is 14.4. The molecule has 0 fully saturated rings. The summed E-state index contributed by atoms with van der Waals surface area (Å²) in [4.78, 5) is 11.4. The van der Waals surface area contributed by atoms with Crippen LogP contribution < -0.4 is 14.8 Å². The minimum absolute atomic E-state index is 0.112. The van der Waals surface area contributed by atoms with Crippen molar-refractivity contribution in [1.82, 2.24) is 4.72 Å². The molecule has 0 unspecified atom stereocenters. The normalized spacial score (nSPS) is 11.2. The first-order chi connectivity index (χ1) is 12.2. The van der Waals surface area contributed by atoms with Gasteiger partial charge in [-0.25, -0.2) is 26.3 Å². The highest BCUT2D eigenvalue weighted by atomic mass is 32.2. The molecule has 10 heteroatoms. The molecule has 0 atom stereocenters. The number of anilines is 1. The Labute approximate surface area is 148 Å². The number of ether oxygens (including phenoxy) is 1. The summed E-state index contributed by atoms with van der Waals surface area (Å²) in [7, 11) is -2.79. The van der Waals surface area contributed by atoms with Gasteiger partial charge in [-0.3, -0.25) is 4.79 Å². The van der Waals surface area contributed by atoms with Gasteiger partial charge in [0, 0.05) is 19.0 Å². The molecule has 0 heterocycles. The Hall–Kier alpha value is -2.59. The van der Waals surface area contributed by atoms with Gasteiger partial charge in [-0.15, -0.1) is 0 Å². The predicted octanol–water partition coefficient (Wildman–Crippen LogP) is 2.42. The highest BCUT2D eigenvalue weighted by Gasteiger charge is 2.17. The van der Waals surface area contributed by atoms with Gasteiger partial charge in [-0.1, -0.05) is 0 Å². The lowest BCUT2D eigenvalue weighted by atomic mass is 10.2. The molecular weight excluding hydrogens is 373 g/mol. The van der Waals surface area contributed by atoms with Gasteiger partial charge < -0.3 is 10.1 Å². The van der Waals surface area contributed by atoms with Crippen LogP contribution in [0.25, 0.3) is 0 Å². The highest BCUT2D eigenvalue weighted by Crippen LogP contribution is 2.25. The SMILES string of the molecule is COc1cc(F)ccc1NC(=O)CCNS(=O)(=O)c1ccc(F)c(F)c1. The molecule has 140 valence electrons. The van der Waals surface area contributed by atoms with Gasteiger partial charge in [0.25, 0.3) is 0 Å². The van der Waals surface area contributed by atoms with Crippen molar-refractivity contribution in [3.05, 3.63) is 53.8 Å². The maximum Gasteiger partial charge on any atom is 0.240 e. The molecule has 0 spiro atoms. The number of carbonyl (C=O) groups is 1. The first-order valence-corrected chi connectivity index (χ1v) is 8.79. The smallest absolute Gasteiger partial charge is 0.240 e. The largest absolute Gasteiger partial charge is 0.494 e. The van der Waals surface area contributed by atoms with Crippen LogP contribution in [0.2, 0.25) is 0 Å². The molecular formula is C16H15F3N2O4S. The van der Waals surface area contributed by atoms with Crippen LogP contribution in [0.5, 0.6) is 5.75 Å². The monoisotopic (exact) mass is 388 g/mol. The number of amides is 1. The van der Waals surface area contributed by atoms with Crippen LogP contribution in [0, 0.1) is 17.5 Å². The van der Waals surface area contributed by atoms with Crippen LogP contribution in [-0.4, -0.2) is 28.0 Å². The van der Waals surface area contributed by atoms with E-state index in [2.05, 4.69) is 10.0 Å². The molecule has 2 N–H and O–H groups in total. The van der Waals surface area contributed by atoms with E-state index < -0.39 is 38.3 Å². The van der Waals surface area contributed by atoms with Crippen LogP contribution in [-0.2, 0) is 14.8 Å². The van der Waals surface area contributed by atoms with Crippen molar-refractivity contribution in [2.45, 2.75) is 11.3 Å². The van der Waals surface area contributed by atoms with E-state index in [0.29, 0.717) is 12.1 Å². The van der Waals surface area contributed by atoms with Gasteiger partial charge in [0.15, 0.2) is 11.6 Å². The Bertz CT molecular complexity index is 920. The van der Waals surface area contributed by atoms with Crippen LogP contribution in [0.15, 0.2) is 41.3 Å². The van der Waals surface area contributed by atoms with E-state index in [1.165, 1.54) is 13.2 Å². The molecule has 2 aromatic rings. The number of rotatable bonds is 7. The number of benzene rings is 2. The van der Waals surface area contributed by atoms with Gasteiger partial charge in [0.05, 0.1) is 17.7 Å². The topological polar surface area (TPSA) is 84.5 Å². The Kier molecular flexibility index (Phi) is 6.22. The zero-order valence-electron chi connectivity index (χ0n) is 13.6. The Morgan fingerprint density at radius 2 is 1.81 bits per heavy atom. The lowest BCUT2D eigenvalue weighted by Gasteiger charge is -2.11. The Morgan fingerprint density at radius 3 is 2.46 bits per heavy atom. The van der Waals surface area contributed by atoms with E-state index in [1.54, 1.807) is 0 Å². The summed E-state index contributed by atoms with van der Waals surface area (Å²) in [6.45, 7) is -0.281. The Balaban J connectivity index is 1.94. The third-order valence-electron chi connectivity index (χ3n) is 3.28. The van der Waals surface area contributed by atoms with Gasteiger partial charge in [0.1, 0.15) is 11.6 Å². The lowest BCUT2D eigenvalue weighted by molar-refractivity contribution is -0.116. The van der Waals surface area contributed by atoms with Crippen LogP contribution in [0.4, 0.5) is 18.9 Å². The van der Waals surface area contributed by atoms with E-state index in [-0.39, 0.29) is 24.4 Å². The van der Waals surface area contributed by atoms with E-state index in [0.717, 1.165) is 18.2 Å². The molecule has 0 saturated heterocycles. The van der Waals surface area contributed by atoms with Crippen molar-refractivity contribution in [2.24, 2.45) is 0 Å². The first-order valence-electron chi connectivity index (χ1n) is 7.31. The van der Waals surface area contributed by atoms with Gasteiger partial charge in [0.2, 0.25) is 15.9 Å². The summed E-state index contributed by atoms with van der Waals surface area (Å²) in [5.41, 5.74) is 0.224. The first kappa shape index (κ1) is 19.7. The minimum Gasteiger partial charge on any atom is -0.494 e. The second-order valence-electron chi connectivity index (χ2n) is 5.12. The maximum atomic E-state index is 13.1. The fourth-order valence-electron chi connectivity index (χ4n) is 2.01. The molecule has 0 radical (unpaired) electrons. The summed E-state index contributed by atoms with van der Waals surface area (Å²) < 4.78 is 70.1. The average molecular weight is 388 g/mol. The average Bonchev–Trinajstić information content (AvgIpc) is 2.58. The number of methoxy groups -OCH3 is 1. The summed E-state index contributed by atoms with van der Waals surface area (Å²) >= 11 is 0. The molecule has 0 aliphatic rings. The van der Waals surface area contributed by atoms with Gasteiger partial charge >= 0.3 is 0 Å². The summed E-state index contributed by atoms with van der Waals surface area (Å²) in [6, 6.07) is 5.66. The van der Waals surface area contributed by atoms with Crippen LogP contribution >= 0.6 is 0 Å². The van der Waals surface area contributed by atoms with E-state index in [1.807, 2.05) is 0 Å². The van der Waals surface area contributed by atoms with Crippen LogP contribution in [0.1, 0.15) is 6.42 Å². The molecule has 0 aliphatic carbocycles. The molecule has 1 amide bonds. The third-order valence-corrected chi connectivity index (χ3v) is 4.74. The molecule has 0 aliphatic heterocycles. The Morgan fingerprint density at radius 1 is 1.08 bits per heavy atom. The number of nitrogens with one attached hydrogen (secondary N) is 2. The number of sulfonamides is 1. The lowest BCUT2D eigenvalue weighted by Crippen LogP contribution is -2.28. The van der Waals surface area contributed by atoms with E-state index in [4.69, 9.17) is 4.74 Å². The second-order valence-corrected chi connectivity index (χ2v) is 6.88.